The molecule has 0 unspecified atom stereocenters. The molecule has 0 heterocycles. The van der Waals surface area contributed by atoms with E-state index in [0.29, 0.717) is 0 Å². The molecule has 0 aromatic heterocycles. The summed E-state index contributed by atoms with van der Waals surface area (Å²) in [6.45, 7) is -5.38. The molecule has 0 rings (SSSR count). The van der Waals surface area contributed by atoms with Crippen LogP contribution in [0.3, 0.4) is 0 Å². The van der Waals surface area contributed by atoms with Crippen molar-refractivity contribution in [3.05, 3.63) is 0 Å². The van der Waals surface area contributed by atoms with Crippen LogP contribution in [-0.2, 0) is 17.0 Å². The second-order valence-corrected chi connectivity index (χ2v) is 57.2. The molecule has 0 spiro atoms. The van der Waals surface area contributed by atoms with Gasteiger partial charge in [-0.3, -0.25) is 9.11 Å². The van der Waals surface area contributed by atoms with Gasteiger partial charge in [-0.2, -0.15) is 8.42 Å². The molecule has 0 aliphatic carbocycles. The summed E-state index contributed by atoms with van der Waals surface area (Å²) in [7, 11) is 25.7. The molecule has 0 aromatic rings. The number of hydrogen-bond acceptors (Lipinski definition) is 2. The van der Waals surface area contributed by atoms with E-state index < -0.39 is 17.0 Å². The van der Waals surface area contributed by atoms with Crippen molar-refractivity contribution >= 4 is 68.2 Å². The molecule has 0 atom stereocenters. The smallest absolute Gasteiger partial charge is 1.00 e. The molecule has 0 saturated heterocycles. The summed E-state index contributed by atoms with van der Waals surface area (Å²) >= 11 is 0. The fourth-order valence-electron chi connectivity index (χ4n) is 0. The van der Waals surface area contributed by atoms with E-state index in [4.69, 9.17) is 75.3 Å². The Morgan fingerprint density at radius 1 is 0.923 bits per heavy atom. The molecule has 0 fully saturated rings. The van der Waals surface area contributed by atoms with Crippen molar-refractivity contribution in [1.29, 1.82) is 0 Å². The molecule has 0 saturated carbocycles. The first-order valence-electron chi connectivity index (χ1n) is 1.50. The van der Waals surface area contributed by atoms with E-state index in [1.54, 1.807) is 0 Å². The summed E-state index contributed by atoms with van der Waals surface area (Å²) in [4.78, 5) is 0. The van der Waals surface area contributed by atoms with Crippen molar-refractivity contribution in [2.45, 2.75) is 0 Å². The van der Waals surface area contributed by atoms with Crippen molar-refractivity contribution in [2.24, 2.45) is 0 Å². The van der Waals surface area contributed by atoms with Crippen LogP contribution < -0.4 is 29.6 Å². The first-order chi connectivity index (χ1) is 4.45. The van der Waals surface area contributed by atoms with Crippen molar-refractivity contribution in [1.82, 2.24) is 0 Å². The van der Waals surface area contributed by atoms with Gasteiger partial charge in [0.2, 0.25) is 0 Å². The summed E-state index contributed by atoms with van der Waals surface area (Å²) in [5, 5.41) is 0. The van der Waals surface area contributed by atoms with Crippen LogP contribution in [-0.4, -0.2) is 17.5 Å². The first-order valence-corrected chi connectivity index (χ1v) is 21.8. The normalized spacial score (nSPS) is 16.9. The minimum Gasteiger partial charge on any atom is -1.00 e. The zero-order chi connectivity index (χ0) is 10.9. The van der Waals surface area contributed by atoms with Gasteiger partial charge in [0, 0.05) is 0 Å². The summed E-state index contributed by atoms with van der Waals surface area (Å²) in [5.41, 5.74) is 0. The van der Waals surface area contributed by atoms with E-state index in [0.717, 1.165) is 0 Å². The first kappa shape index (κ1) is 21.5. The van der Waals surface area contributed by atoms with Gasteiger partial charge >= 0.3 is 104 Å². The van der Waals surface area contributed by atoms with Crippen LogP contribution in [0, 0.1) is 0 Å². The van der Waals surface area contributed by atoms with Gasteiger partial charge in [-0.1, -0.05) is 0 Å². The maximum absolute atomic E-state index is 8.74. The van der Waals surface area contributed by atoms with Gasteiger partial charge in [0.1, 0.15) is 0 Å². The summed E-state index contributed by atoms with van der Waals surface area (Å²) in [6.07, 6.45) is 0. The Hall–Kier alpha value is 3.25. The maximum Gasteiger partial charge on any atom is 1.00 e. The molecule has 4 nitrogen and oxygen atoms in total. The minimum absolute atomic E-state index is 0. The van der Waals surface area contributed by atoms with E-state index in [1.807, 2.05) is 0 Å². The fraction of sp³-hybridized carbons (Fsp3) is 0. The third-order valence-corrected chi connectivity index (χ3v) is 0. The zero-order valence-corrected chi connectivity index (χ0v) is 15.6. The summed E-state index contributed by atoms with van der Waals surface area (Å²) in [5.74, 6) is 0. The molecular weight excluding hydrogens is 522 g/mol. The van der Waals surface area contributed by atoms with E-state index in [1.165, 1.54) is 0 Å². The van der Waals surface area contributed by atoms with Gasteiger partial charge in [0.25, 0.3) is 0 Å². The van der Waals surface area contributed by atoms with Gasteiger partial charge in [0.05, 0.1) is 0 Å². The molecule has 0 aliphatic heterocycles. The molecule has 84 valence electrons. The molecule has 0 amide bonds. The van der Waals surface area contributed by atoms with Crippen molar-refractivity contribution in [3.63, 3.8) is 0 Å². The van der Waals surface area contributed by atoms with Crippen molar-refractivity contribution in [3.8, 4) is 0 Å². The average molecular weight is 525 g/mol. The van der Waals surface area contributed by atoms with Crippen LogP contribution in [0.1, 0.15) is 1.43 Å². The van der Waals surface area contributed by atoms with Crippen LogP contribution in [0.25, 0.3) is 0 Å². The molecule has 0 radical (unpaired) electrons. The number of rotatable bonds is 0. The van der Waals surface area contributed by atoms with Gasteiger partial charge < -0.3 is 1.43 Å². The second-order valence-electron chi connectivity index (χ2n) is 1.21. The zero-order valence-electron chi connectivity index (χ0n) is 6.74. The molecule has 0 aromatic carbocycles. The SMILES string of the molecule is O=S(=O)(O)O.[Cl][Os]([Cl])([Cl])([Cl])([Cl])[Cl].[H-].[Na+]. The Kier molecular flexibility index (Phi) is 8.71. The van der Waals surface area contributed by atoms with Crippen LogP contribution >= 0.6 is 57.8 Å². The van der Waals surface area contributed by atoms with Crippen LogP contribution in [0.5, 0.6) is 0 Å². The van der Waals surface area contributed by atoms with Crippen molar-refractivity contribution in [2.75, 3.05) is 0 Å². The number of halogens is 6. The van der Waals surface area contributed by atoms with Gasteiger partial charge in [-0.25, -0.2) is 0 Å². The molecule has 0 aliphatic rings. The maximum atomic E-state index is 8.74. The van der Waals surface area contributed by atoms with Gasteiger partial charge in [-0.15, -0.1) is 0 Å². The predicted octanol–water partition coefficient (Wildman–Crippen LogP) is 0.598. The Morgan fingerprint density at radius 2 is 0.923 bits per heavy atom. The minimum atomic E-state index is -5.38. The van der Waals surface area contributed by atoms with E-state index in [9.17, 15) is 0 Å². The standard InChI is InChI=1S/6ClH.Na.H2O4S.Os.H/c;;;;;;;1-5(2,3)4;;/h6*1H;;(H2,1,2,3,4);;/q;;;;;;+1;;+6;-1/p-6. The van der Waals surface area contributed by atoms with Gasteiger partial charge in [-0.05, 0) is 0 Å². The Morgan fingerprint density at radius 3 is 0.923 bits per heavy atom. The Labute approximate surface area is 121 Å². The largest absolute Gasteiger partial charge is 1.00 e. The average Bonchev–Trinajstić information content (AvgIpc) is 1.04. The van der Waals surface area contributed by atoms with E-state index >= 15 is 0 Å². The van der Waals surface area contributed by atoms with E-state index in [2.05, 4.69) is 0 Å². The molecular formula is H3Cl6NaO4OsS. The van der Waals surface area contributed by atoms with Crippen LogP contribution in [0.4, 0.5) is 0 Å². The second kappa shape index (κ2) is 5.26. The molecule has 2 N–H and O–H groups in total. The summed E-state index contributed by atoms with van der Waals surface area (Å²) < 4.78 is 31.6. The van der Waals surface area contributed by atoms with E-state index in [-0.39, 0.29) is 31.0 Å². The van der Waals surface area contributed by atoms with Crippen LogP contribution in [0.15, 0.2) is 0 Å². The third-order valence-electron chi connectivity index (χ3n) is 0. The monoisotopic (exact) mass is 524 g/mol. The number of hydrogen-bond donors (Lipinski definition) is 2. The topological polar surface area (TPSA) is 74.6 Å². The third kappa shape index (κ3) is 254. The Bertz CT molecular complexity index is 232. The molecule has 13 heteroatoms. The summed E-state index contributed by atoms with van der Waals surface area (Å²) in [6, 6.07) is 0. The molecule has 0 bridgehead atoms. The van der Waals surface area contributed by atoms with Crippen LogP contribution in [0.2, 0.25) is 0 Å². The fourth-order valence-corrected chi connectivity index (χ4v) is 0. The Balaban J connectivity index is -0.0000000651. The quantitative estimate of drug-likeness (QED) is 0.359. The van der Waals surface area contributed by atoms with Gasteiger partial charge in [0.15, 0.2) is 0 Å². The van der Waals surface area contributed by atoms with Crippen molar-refractivity contribution < 1.29 is 55.1 Å². The predicted molar refractivity (Wildman–Crippen MR) is 50.4 cm³/mol. The molecule has 13 heavy (non-hydrogen) atoms.